The van der Waals surface area contributed by atoms with Crippen molar-refractivity contribution in [1.29, 1.82) is 0 Å². The van der Waals surface area contributed by atoms with Crippen LogP contribution in [-0.2, 0) is 9.59 Å². The smallest absolute Gasteiger partial charge is 0.239 e. The average Bonchev–Trinajstić information content (AvgIpc) is 2.98. The Bertz CT molecular complexity index is 782. The molecule has 0 aliphatic carbocycles. The molecule has 1 aliphatic rings. The van der Waals surface area contributed by atoms with Crippen LogP contribution in [0.15, 0.2) is 52.1 Å². The van der Waals surface area contributed by atoms with Gasteiger partial charge in [0.15, 0.2) is 0 Å². The van der Waals surface area contributed by atoms with E-state index in [0.29, 0.717) is 18.7 Å². The molecule has 2 amide bonds. The van der Waals surface area contributed by atoms with Crippen LogP contribution in [0.25, 0.3) is 0 Å². The molecule has 3 rings (SSSR count). The Morgan fingerprint density at radius 3 is 2.92 bits per heavy atom. The number of anilines is 2. The van der Waals surface area contributed by atoms with Gasteiger partial charge in [-0.3, -0.25) is 9.59 Å². The maximum atomic E-state index is 12.6. The highest BCUT2D eigenvalue weighted by Crippen LogP contribution is 2.28. The minimum Gasteiger partial charge on any atom is -0.324 e. The van der Waals surface area contributed by atoms with Crippen LogP contribution in [0.2, 0.25) is 0 Å². The minimum absolute atomic E-state index is 0.165. The maximum Gasteiger partial charge on any atom is 0.239 e. The van der Waals surface area contributed by atoms with Gasteiger partial charge in [0, 0.05) is 16.7 Å². The molecular formula is C18H18BrN3O2S. The number of amides is 2. The molecule has 2 aromatic rings. The van der Waals surface area contributed by atoms with E-state index < -0.39 is 5.92 Å². The fourth-order valence-corrected chi connectivity index (χ4v) is 3.71. The lowest BCUT2D eigenvalue weighted by molar-refractivity contribution is -0.129. The number of benzene rings is 1. The highest BCUT2D eigenvalue weighted by atomic mass is 79.9. The number of aromatic nitrogens is 1. The Morgan fingerprint density at radius 1 is 1.40 bits per heavy atom. The Balaban J connectivity index is 1.66. The first-order valence-electron chi connectivity index (χ1n) is 8.05. The zero-order valence-electron chi connectivity index (χ0n) is 13.7. The van der Waals surface area contributed by atoms with Crippen molar-refractivity contribution in [3.8, 4) is 0 Å². The second-order valence-corrected chi connectivity index (χ2v) is 7.82. The predicted octanol–water partition coefficient (Wildman–Crippen LogP) is 3.95. The van der Waals surface area contributed by atoms with Crippen molar-refractivity contribution in [3.63, 3.8) is 0 Å². The van der Waals surface area contributed by atoms with Gasteiger partial charge in [-0.25, -0.2) is 4.98 Å². The van der Waals surface area contributed by atoms with E-state index in [1.807, 2.05) is 36.4 Å². The van der Waals surface area contributed by atoms with Crippen molar-refractivity contribution in [2.45, 2.75) is 18.4 Å². The molecule has 5 nitrogen and oxygen atoms in total. The Hall–Kier alpha value is -1.86. The monoisotopic (exact) mass is 419 g/mol. The molecule has 2 heterocycles. The van der Waals surface area contributed by atoms with Gasteiger partial charge in [0.25, 0.3) is 0 Å². The van der Waals surface area contributed by atoms with Gasteiger partial charge in [-0.1, -0.05) is 28.9 Å². The lowest BCUT2D eigenvalue weighted by Gasteiger charge is -2.17. The maximum absolute atomic E-state index is 12.6. The second-order valence-electron chi connectivity index (χ2n) is 5.62. The standard InChI is InChI=1S/C18H18BrN3O2S/c1-2-25-16-7-6-13(11-20-16)21-17(23)15-8-9-22(18(15)24)14-5-3-4-12(19)10-14/h3-7,10-11,15H,2,8-9H2,1H3,(H,21,23). The van der Waals surface area contributed by atoms with Crippen molar-refractivity contribution in [1.82, 2.24) is 4.98 Å². The van der Waals surface area contributed by atoms with Crippen LogP contribution in [0.3, 0.4) is 0 Å². The van der Waals surface area contributed by atoms with Crippen LogP contribution in [-0.4, -0.2) is 29.1 Å². The summed E-state index contributed by atoms with van der Waals surface area (Å²) in [5, 5.41) is 3.71. The summed E-state index contributed by atoms with van der Waals surface area (Å²) in [5.74, 6) is -0.161. The van der Waals surface area contributed by atoms with Crippen LogP contribution >= 0.6 is 27.7 Å². The number of carbonyl (C=O) groups is 2. The number of carbonyl (C=O) groups excluding carboxylic acids is 2. The van der Waals surface area contributed by atoms with Gasteiger partial charge >= 0.3 is 0 Å². The normalized spacial score (nSPS) is 17.0. The van der Waals surface area contributed by atoms with Crippen LogP contribution in [0.5, 0.6) is 0 Å². The molecule has 25 heavy (non-hydrogen) atoms. The summed E-state index contributed by atoms with van der Waals surface area (Å²) in [5.41, 5.74) is 1.41. The Kier molecular flexibility index (Phi) is 5.75. The molecule has 0 saturated carbocycles. The third-order valence-electron chi connectivity index (χ3n) is 3.94. The molecule has 1 aliphatic heterocycles. The molecule has 1 saturated heterocycles. The molecule has 1 N–H and O–H groups in total. The summed E-state index contributed by atoms with van der Waals surface area (Å²) in [6, 6.07) is 11.2. The summed E-state index contributed by atoms with van der Waals surface area (Å²) in [4.78, 5) is 31.0. The Morgan fingerprint density at radius 2 is 2.24 bits per heavy atom. The van der Waals surface area contributed by atoms with E-state index in [1.165, 1.54) is 0 Å². The number of hydrogen-bond acceptors (Lipinski definition) is 4. The zero-order chi connectivity index (χ0) is 17.8. The van der Waals surface area contributed by atoms with Gasteiger partial charge in [-0.2, -0.15) is 0 Å². The molecule has 7 heteroatoms. The topological polar surface area (TPSA) is 62.3 Å². The van der Waals surface area contributed by atoms with Crippen LogP contribution in [0, 0.1) is 5.92 Å². The Labute approximate surface area is 159 Å². The number of thioether (sulfide) groups is 1. The van der Waals surface area contributed by atoms with Gasteiger partial charge in [-0.15, -0.1) is 11.8 Å². The number of pyridine rings is 1. The van der Waals surface area contributed by atoms with E-state index in [1.54, 1.807) is 22.9 Å². The highest BCUT2D eigenvalue weighted by Gasteiger charge is 2.37. The predicted molar refractivity (Wildman–Crippen MR) is 104 cm³/mol. The van der Waals surface area contributed by atoms with Crippen molar-refractivity contribution >= 4 is 50.9 Å². The van der Waals surface area contributed by atoms with E-state index in [0.717, 1.165) is 20.9 Å². The zero-order valence-corrected chi connectivity index (χ0v) is 16.1. The first-order chi connectivity index (χ1) is 12.1. The number of nitrogens with one attached hydrogen (secondary N) is 1. The van der Waals surface area contributed by atoms with E-state index in [4.69, 9.17) is 0 Å². The molecule has 1 fully saturated rings. The minimum atomic E-state index is -0.663. The number of halogens is 1. The molecule has 130 valence electrons. The first-order valence-corrected chi connectivity index (χ1v) is 9.83. The van der Waals surface area contributed by atoms with Crippen LogP contribution < -0.4 is 10.2 Å². The van der Waals surface area contributed by atoms with E-state index in [2.05, 4.69) is 33.2 Å². The largest absolute Gasteiger partial charge is 0.324 e. The SMILES string of the molecule is CCSc1ccc(NC(=O)C2CCN(c3cccc(Br)c3)C2=O)cn1. The van der Waals surface area contributed by atoms with E-state index >= 15 is 0 Å². The number of rotatable bonds is 5. The number of nitrogens with zero attached hydrogens (tertiary/aromatic N) is 2. The first kappa shape index (κ1) is 17.9. The second kappa shape index (κ2) is 8.01. The number of hydrogen-bond donors (Lipinski definition) is 1. The van der Waals surface area contributed by atoms with E-state index in [-0.39, 0.29) is 11.8 Å². The summed E-state index contributed by atoms with van der Waals surface area (Å²) >= 11 is 5.05. The molecule has 1 aromatic heterocycles. The van der Waals surface area contributed by atoms with Crippen LogP contribution in [0.1, 0.15) is 13.3 Å². The van der Waals surface area contributed by atoms with Gasteiger partial charge in [0.1, 0.15) is 5.92 Å². The summed E-state index contributed by atoms with van der Waals surface area (Å²) in [6.07, 6.45) is 2.13. The van der Waals surface area contributed by atoms with Crippen molar-refractivity contribution in [2.75, 3.05) is 22.5 Å². The fourth-order valence-electron chi connectivity index (χ4n) is 2.74. The average molecular weight is 420 g/mol. The summed E-state index contributed by atoms with van der Waals surface area (Å²) in [6.45, 7) is 2.60. The third kappa shape index (κ3) is 4.22. The molecule has 1 aromatic carbocycles. The van der Waals surface area contributed by atoms with Gasteiger partial charge in [-0.05, 0) is 42.5 Å². The highest BCUT2D eigenvalue weighted by molar-refractivity contribution is 9.10. The molecule has 1 unspecified atom stereocenters. The van der Waals surface area contributed by atoms with E-state index in [9.17, 15) is 9.59 Å². The molecule has 0 spiro atoms. The summed E-state index contributed by atoms with van der Waals surface area (Å²) in [7, 11) is 0. The summed E-state index contributed by atoms with van der Waals surface area (Å²) < 4.78 is 0.904. The van der Waals surface area contributed by atoms with Crippen molar-refractivity contribution in [3.05, 3.63) is 47.1 Å². The van der Waals surface area contributed by atoms with Gasteiger partial charge in [0.2, 0.25) is 11.8 Å². The molecular weight excluding hydrogens is 402 g/mol. The lowest BCUT2D eigenvalue weighted by atomic mass is 10.1. The quantitative estimate of drug-likeness (QED) is 0.588. The molecule has 1 atom stereocenters. The van der Waals surface area contributed by atoms with Gasteiger partial charge < -0.3 is 10.2 Å². The van der Waals surface area contributed by atoms with Gasteiger partial charge in [0.05, 0.1) is 16.9 Å². The van der Waals surface area contributed by atoms with Crippen molar-refractivity contribution < 1.29 is 9.59 Å². The lowest BCUT2D eigenvalue weighted by Crippen LogP contribution is -2.33. The fraction of sp³-hybridized carbons (Fsp3) is 0.278. The van der Waals surface area contributed by atoms with Crippen LogP contribution in [0.4, 0.5) is 11.4 Å². The molecule has 0 radical (unpaired) electrons. The molecule has 0 bridgehead atoms. The van der Waals surface area contributed by atoms with Crippen molar-refractivity contribution in [2.24, 2.45) is 5.92 Å². The third-order valence-corrected chi connectivity index (χ3v) is 5.26.